The molecule has 7 nitrogen and oxygen atoms in total. The lowest BCUT2D eigenvalue weighted by Crippen LogP contribution is -2.48. The van der Waals surface area contributed by atoms with Crippen LogP contribution in [-0.2, 0) is 6.54 Å². The van der Waals surface area contributed by atoms with Gasteiger partial charge in [0.1, 0.15) is 11.1 Å². The van der Waals surface area contributed by atoms with Gasteiger partial charge in [0, 0.05) is 12.1 Å². The maximum atomic E-state index is 12.9. The zero-order valence-corrected chi connectivity index (χ0v) is 17.5. The Labute approximate surface area is 176 Å². The molecule has 3 rings (SSSR count). The minimum atomic E-state index is -0.236. The summed E-state index contributed by atoms with van der Waals surface area (Å²) in [4.78, 5) is 23.3. The van der Waals surface area contributed by atoms with Gasteiger partial charge in [0.15, 0.2) is 5.82 Å². The normalized spacial score (nSPS) is 14.0. The van der Waals surface area contributed by atoms with Gasteiger partial charge in [0.25, 0.3) is 5.91 Å². The van der Waals surface area contributed by atoms with E-state index in [0.29, 0.717) is 16.4 Å². The maximum Gasteiger partial charge on any atom is 0.269 e. The van der Waals surface area contributed by atoms with E-state index in [1.165, 1.54) is 6.20 Å². The molecule has 8 heteroatoms. The highest BCUT2D eigenvalue weighted by Crippen LogP contribution is 2.30. The van der Waals surface area contributed by atoms with Crippen LogP contribution in [0.1, 0.15) is 54.4 Å². The Kier molecular flexibility index (Phi) is 7.02. The number of hydrogen-bond acceptors (Lipinski definition) is 6. The van der Waals surface area contributed by atoms with Crippen LogP contribution in [0.3, 0.4) is 0 Å². The number of hydrogen-bond donors (Lipinski definition) is 1. The van der Waals surface area contributed by atoms with Gasteiger partial charge in [-0.25, -0.2) is 4.98 Å². The molecule has 1 saturated carbocycles. The van der Waals surface area contributed by atoms with Crippen LogP contribution in [0.15, 0.2) is 30.5 Å². The fourth-order valence-corrected chi connectivity index (χ4v) is 3.60. The van der Waals surface area contributed by atoms with E-state index in [-0.39, 0.29) is 17.8 Å². The first-order valence-electron chi connectivity index (χ1n) is 9.82. The first-order valence-corrected chi connectivity index (χ1v) is 10.2. The Morgan fingerprint density at radius 1 is 1.31 bits per heavy atom. The van der Waals surface area contributed by atoms with Crippen molar-refractivity contribution >= 4 is 23.3 Å². The summed E-state index contributed by atoms with van der Waals surface area (Å²) in [7, 11) is 2.06. The lowest BCUT2D eigenvalue weighted by atomic mass is 10.1. The molecule has 152 valence electrons. The molecule has 0 unspecified atom stereocenters. The molecule has 29 heavy (non-hydrogen) atoms. The molecule has 1 N–H and O–H groups in total. The minimum Gasteiger partial charge on any atom is -0.302 e. The molecule has 1 aliphatic rings. The number of amides is 1. The molecule has 0 bridgehead atoms. The molecule has 0 atom stereocenters. The van der Waals surface area contributed by atoms with Crippen molar-refractivity contribution in [2.24, 2.45) is 0 Å². The Morgan fingerprint density at radius 2 is 2.00 bits per heavy atom. The van der Waals surface area contributed by atoms with Crippen LogP contribution in [0, 0.1) is 11.3 Å². The first kappa shape index (κ1) is 21.0. The second-order valence-corrected chi connectivity index (χ2v) is 7.66. The number of carbonyl (C=O) groups is 1. The molecule has 0 saturated heterocycles. The zero-order valence-electron chi connectivity index (χ0n) is 16.7. The SMILES string of the molecule is CCN(C)Cc1ccc(C(=O)NN(c2nc(C#N)ncc2Cl)C2CCCC2)cc1. The summed E-state index contributed by atoms with van der Waals surface area (Å²) < 4.78 is 0. The summed E-state index contributed by atoms with van der Waals surface area (Å²) in [6, 6.07) is 9.58. The molecular formula is C21H25ClN6O. The van der Waals surface area contributed by atoms with Crippen molar-refractivity contribution in [3.05, 3.63) is 52.4 Å². The number of hydrazine groups is 1. The van der Waals surface area contributed by atoms with Crippen LogP contribution in [0.25, 0.3) is 0 Å². The minimum absolute atomic E-state index is 0.0195. The van der Waals surface area contributed by atoms with Crippen molar-refractivity contribution in [3.63, 3.8) is 0 Å². The summed E-state index contributed by atoms with van der Waals surface area (Å²) in [6.45, 7) is 3.90. The Balaban J connectivity index is 1.81. The van der Waals surface area contributed by atoms with Crippen molar-refractivity contribution in [2.45, 2.75) is 45.2 Å². The van der Waals surface area contributed by atoms with E-state index in [1.54, 1.807) is 5.01 Å². The number of rotatable bonds is 7. The Bertz CT molecular complexity index is 889. The smallest absolute Gasteiger partial charge is 0.269 e. The largest absolute Gasteiger partial charge is 0.302 e. The summed E-state index contributed by atoms with van der Waals surface area (Å²) in [5, 5.41) is 11.1. The number of halogens is 1. The number of nitrogens with one attached hydrogen (secondary N) is 1. The van der Waals surface area contributed by atoms with Gasteiger partial charge in [0.2, 0.25) is 5.82 Å². The number of anilines is 1. The molecule has 1 fully saturated rings. The molecule has 0 radical (unpaired) electrons. The van der Waals surface area contributed by atoms with Crippen LogP contribution in [0.4, 0.5) is 5.82 Å². The van der Waals surface area contributed by atoms with Gasteiger partial charge in [-0.15, -0.1) is 0 Å². The first-order chi connectivity index (χ1) is 14.0. The predicted octanol–water partition coefficient (Wildman–Crippen LogP) is 3.55. The van der Waals surface area contributed by atoms with Gasteiger partial charge >= 0.3 is 0 Å². The molecule has 1 aromatic carbocycles. The Hall–Kier alpha value is -2.69. The molecule has 1 aliphatic carbocycles. The van der Waals surface area contributed by atoms with Crippen molar-refractivity contribution < 1.29 is 4.79 Å². The highest BCUT2D eigenvalue weighted by molar-refractivity contribution is 6.32. The Morgan fingerprint density at radius 3 is 2.62 bits per heavy atom. The molecule has 1 heterocycles. The van der Waals surface area contributed by atoms with Crippen molar-refractivity contribution in [3.8, 4) is 6.07 Å². The number of aromatic nitrogens is 2. The van der Waals surface area contributed by atoms with Crippen LogP contribution < -0.4 is 10.4 Å². The van der Waals surface area contributed by atoms with Crippen molar-refractivity contribution in [1.29, 1.82) is 5.26 Å². The van der Waals surface area contributed by atoms with E-state index < -0.39 is 0 Å². The number of carbonyl (C=O) groups excluding carboxylic acids is 1. The van der Waals surface area contributed by atoms with Crippen molar-refractivity contribution in [1.82, 2.24) is 20.3 Å². The number of benzene rings is 1. The van der Waals surface area contributed by atoms with Gasteiger partial charge < -0.3 is 4.90 Å². The standard InChI is InChI=1S/C21H25ClN6O/c1-3-27(2)14-15-8-10-16(11-9-15)21(29)26-28(17-6-4-5-7-17)20-18(22)13-24-19(12-23)25-20/h8-11,13,17H,3-7,14H2,1-2H3,(H,26,29). The van der Waals surface area contributed by atoms with E-state index in [2.05, 4.69) is 34.3 Å². The molecule has 1 amide bonds. The zero-order chi connectivity index (χ0) is 20.8. The third kappa shape index (κ3) is 5.22. The second kappa shape index (κ2) is 9.68. The van der Waals surface area contributed by atoms with Gasteiger partial charge in [-0.1, -0.05) is 43.5 Å². The van der Waals surface area contributed by atoms with E-state index in [4.69, 9.17) is 16.9 Å². The highest BCUT2D eigenvalue weighted by atomic mass is 35.5. The fraction of sp³-hybridized carbons (Fsp3) is 0.429. The molecular weight excluding hydrogens is 388 g/mol. The topological polar surface area (TPSA) is 85.2 Å². The van der Waals surface area contributed by atoms with Gasteiger partial charge in [-0.05, 0) is 44.1 Å². The lowest BCUT2D eigenvalue weighted by molar-refractivity contribution is 0.0944. The molecule has 1 aromatic heterocycles. The fourth-order valence-electron chi connectivity index (χ4n) is 3.42. The van der Waals surface area contributed by atoms with Gasteiger partial charge in [-0.2, -0.15) is 10.2 Å². The lowest BCUT2D eigenvalue weighted by Gasteiger charge is -2.30. The number of nitrogens with zero attached hydrogens (tertiary/aromatic N) is 5. The third-order valence-corrected chi connectivity index (χ3v) is 5.44. The second-order valence-electron chi connectivity index (χ2n) is 7.25. The predicted molar refractivity (Wildman–Crippen MR) is 112 cm³/mol. The molecule has 0 spiro atoms. The summed E-state index contributed by atoms with van der Waals surface area (Å²) in [6.07, 6.45) is 5.39. The quantitative estimate of drug-likeness (QED) is 0.700. The monoisotopic (exact) mass is 412 g/mol. The van der Waals surface area contributed by atoms with E-state index in [0.717, 1.165) is 44.3 Å². The summed E-state index contributed by atoms with van der Waals surface area (Å²) in [5.74, 6) is 0.145. The van der Waals surface area contributed by atoms with Crippen LogP contribution in [-0.4, -0.2) is 40.4 Å². The maximum absolute atomic E-state index is 12.9. The van der Waals surface area contributed by atoms with Crippen molar-refractivity contribution in [2.75, 3.05) is 18.6 Å². The molecule has 2 aromatic rings. The van der Waals surface area contributed by atoms with E-state index in [9.17, 15) is 4.79 Å². The summed E-state index contributed by atoms with van der Waals surface area (Å²) in [5.41, 5.74) is 4.66. The average molecular weight is 413 g/mol. The third-order valence-electron chi connectivity index (χ3n) is 5.17. The summed E-state index contributed by atoms with van der Waals surface area (Å²) >= 11 is 6.31. The van der Waals surface area contributed by atoms with Crippen LogP contribution in [0.2, 0.25) is 5.02 Å². The van der Waals surface area contributed by atoms with E-state index in [1.807, 2.05) is 30.3 Å². The van der Waals surface area contributed by atoms with E-state index >= 15 is 0 Å². The van der Waals surface area contributed by atoms with Gasteiger partial charge in [-0.3, -0.25) is 15.2 Å². The molecule has 0 aliphatic heterocycles. The van der Waals surface area contributed by atoms with Gasteiger partial charge in [0.05, 0.1) is 12.2 Å². The number of nitriles is 1. The van der Waals surface area contributed by atoms with Crippen LogP contribution >= 0.6 is 11.6 Å². The highest BCUT2D eigenvalue weighted by Gasteiger charge is 2.28. The van der Waals surface area contributed by atoms with Crippen LogP contribution in [0.5, 0.6) is 0 Å². The average Bonchev–Trinajstić information content (AvgIpc) is 3.27.